The van der Waals surface area contributed by atoms with E-state index in [-0.39, 0.29) is 29.6 Å². The van der Waals surface area contributed by atoms with Crippen LogP contribution >= 0.6 is 11.6 Å². The molecule has 1 heterocycles. The standard InChI is InChI=1S/C26H23ClF4N2O2/c1-16(26(29,30)31)22-12-19(13-23(33-22)18-9-10-21(28)20(27)11-18)25(2,3)15-32-24(34)35-14-17-7-5-4-6-8-17/h4-13H,1,14-15H2,2-3H3,(H,32,34). The van der Waals surface area contributed by atoms with Crippen molar-refractivity contribution >= 4 is 23.3 Å². The van der Waals surface area contributed by atoms with Crippen LogP contribution in [0.25, 0.3) is 16.8 Å². The third kappa shape index (κ3) is 6.82. The number of ether oxygens (including phenoxy) is 1. The van der Waals surface area contributed by atoms with Crippen LogP contribution < -0.4 is 5.32 Å². The monoisotopic (exact) mass is 506 g/mol. The van der Waals surface area contributed by atoms with Gasteiger partial charge in [0, 0.05) is 17.5 Å². The molecule has 0 fully saturated rings. The first-order valence-corrected chi connectivity index (χ1v) is 10.9. The first-order valence-electron chi connectivity index (χ1n) is 10.6. The molecule has 0 saturated carbocycles. The van der Waals surface area contributed by atoms with Crippen molar-refractivity contribution < 1.29 is 27.1 Å². The van der Waals surface area contributed by atoms with Crippen LogP contribution in [0.5, 0.6) is 0 Å². The van der Waals surface area contributed by atoms with Gasteiger partial charge in [-0.2, -0.15) is 13.2 Å². The zero-order chi connectivity index (χ0) is 25.8. The molecule has 9 heteroatoms. The smallest absolute Gasteiger partial charge is 0.417 e. The number of hydrogen-bond donors (Lipinski definition) is 1. The van der Waals surface area contributed by atoms with Crippen LogP contribution in [0, 0.1) is 5.82 Å². The maximum Gasteiger partial charge on any atom is 0.417 e. The quantitative estimate of drug-likeness (QED) is 0.341. The summed E-state index contributed by atoms with van der Waals surface area (Å²) in [7, 11) is 0. The molecule has 1 N–H and O–H groups in total. The second-order valence-electron chi connectivity index (χ2n) is 8.53. The number of amides is 1. The van der Waals surface area contributed by atoms with Crippen molar-refractivity contribution in [3.05, 3.63) is 94.9 Å². The zero-order valence-electron chi connectivity index (χ0n) is 19.0. The number of aromatic nitrogens is 1. The highest BCUT2D eigenvalue weighted by Crippen LogP contribution is 2.36. The van der Waals surface area contributed by atoms with E-state index in [0.717, 1.165) is 11.6 Å². The number of nitrogens with zero attached hydrogens (tertiary/aromatic N) is 1. The van der Waals surface area contributed by atoms with Gasteiger partial charge < -0.3 is 10.1 Å². The lowest BCUT2D eigenvalue weighted by atomic mass is 9.83. The molecular weight excluding hydrogens is 484 g/mol. The Balaban J connectivity index is 1.86. The third-order valence-electron chi connectivity index (χ3n) is 5.36. The van der Waals surface area contributed by atoms with Crippen LogP contribution in [0.1, 0.15) is 30.7 Å². The van der Waals surface area contributed by atoms with Gasteiger partial charge in [-0.3, -0.25) is 0 Å². The van der Waals surface area contributed by atoms with Crippen LogP contribution in [0.2, 0.25) is 5.02 Å². The number of pyridine rings is 1. The molecule has 0 saturated heterocycles. The van der Waals surface area contributed by atoms with Crippen LogP contribution in [0.3, 0.4) is 0 Å². The maximum atomic E-state index is 13.6. The van der Waals surface area contributed by atoms with Gasteiger partial charge in [0.2, 0.25) is 0 Å². The minimum atomic E-state index is -4.70. The number of halogens is 5. The number of alkyl halides is 3. The Kier molecular flexibility index (Phi) is 7.85. The van der Waals surface area contributed by atoms with E-state index in [9.17, 15) is 22.4 Å². The lowest BCUT2D eigenvalue weighted by Gasteiger charge is -2.27. The molecule has 0 aliphatic heterocycles. The summed E-state index contributed by atoms with van der Waals surface area (Å²) in [5, 5.41) is 2.46. The highest BCUT2D eigenvalue weighted by molar-refractivity contribution is 6.31. The molecule has 0 spiro atoms. The van der Waals surface area contributed by atoms with E-state index < -0.39 is 29.1 Å². The summed E-state index contributed by atoms with van der Waals surface area (Å²) < 4.78 is 59.1. The van der Waals surface area contributed by atoms with Gasteiger partial charge in [0.1, 0.15) is 12.4 Å². The Morgan fingerprint density at radius 1 is 1.09 bits per heavy atom. The fourth-order valence-electron chi connectivity index (χ4n) is 3.19. The molecule has 0 atom stereocenters. The number of allylic oxidation sites excluding steroid dienone is 1. The summed E-state index contributed by atoms with van der Waals surface area (Å²) in [4.78, 5) is 16.3. The minimum Gasteiger partial charge on any atom is -0.445 e. The van der Waals surface area contributed by atoms with Crippen molar-refractivity contribution in [1.82, 2.24) is 10.3 Å². The van der Waals surface area contributed by atoms with Gasteiger partial charge in [0.25, 0.3) is 0 Å². The Hall–Kier alpha value is -3.39. The summed E-state index contributed by atoms with van der Waals surface area (Å²) in [6.45, 7) is 6.79. The van der Waals surface area contributed by atoms with Crippen molar-refractivity contribution in [3.63, 3.8) is 0 Å². The summed E-state index contributed by atoms with van der Waals surface area (Å²) in [6.07, 6.45) is -5.37. The molecule has 0 bridgehead atoms. The van der Waals surface area contributed by atoms with Gasteiger partial charge in [0.15, 0.2) is 0 Å². The molecule has 4 nitrogen and oxygen atoms in total. The summed E-state index contributed by atoms with van der Waals surface area (Å²) in [6, 6.07) is 15.7. The van der Waals surface area contributed by atoms with Crippen molar-refractivity contribution in [3.8, 4) is 11.3 Å². The molecule has 3 rings (SSSR count). The number of rotatable bonds is 7. The van der Waals surface area contributed by atoms with E-state index >= 15 is 0 Å². The summed E-state index contributed by atoms with van der Waals surface area (Å²) in [5.41, 5.74) is -0.579. The Labute approximate surface area is 205 Å². The summed E-state index contributed by atoms with van der Waals surface area (Å²) in [5.74, 6) is -0.662. The van der Waals surface area contributed by atoms with Crippen molar-refractivity contribution in [2.24, 2.45) is 0 Å². The van der Waals surface area contributed by atoms with Gasteiger partial charge in [-0.1, -0.05) is 62.4 Å². The Morgan fingerprint density at radius 3 is 2.40 bits per heavy atom. The van der Waals surface area contributed by atoms with E-state index in [4.69, 9.17) is 16.3 Å². The number of alkyl carbamates (subject to hydrolysis) is 1. The van der Waals surface area contributed by atoms with E-state index in [1.165, 1.54) is 18.2 Å². The van der Waals surface area contributed by atoms with Gasteiger partial charge in [-0.05, 0) is 41.5 Å². The lowest BCUT2D eigenvalue weighted by Crippen LogP contribution is -2.37. The molecule has 1 aromatic heterocycles. The molecule has 35 heavy (non-hydrogen) atoms. The zero-order valence-corrected chi connectivity index (χ0v) is 19.8. The second kappa shape index (κ2) is 10.5. The number of carbonyl (C=O) groups excluding carboxylic acids is 1. The molecule has 0 radical (unpaired) electrons. The molecular formula is C26H23ClF4N2O2. The van der Waals surface area contributed by atoms with Gasteiger partial charge in [-0.25, -0.2) is 14.2 Å². The normalized spacial score (nSPS) is 11.7. The minimum absolute atomic E-state index is 0.0617. The number of benzene rings is 2. The highest BCUT2D eigenvalue weighted by Gasteiger charge is 2.35. The average Bonchev–Trinajstić information content (AvgIpc) is 2.82. The van der Waals surface area contributed by atoms with E-state index in [1.807, 2.05) is 30.3 Å². The third-order valence-corrected chi connectivity index (χ3v) is 5.65. The predicted molar refractivity (Wildman–Crippen MR) is 127 cm³/mol. The van der Waals surface area contributed by atoms with E-state index in [2.05, 4.69) is 16.9 Å². The topological polar surface area (TPSA) is 51.2 Å². The molecule has 3 aromatic rings. The molecule has 1 amide bonds. The largest absolute Gasteiger partial charge is 0.445 e. The van der Waals surface area contributed by atoms with Crippen molar-refractivity contribution in [2.45, 2.75) is 32.0 Å². The summed E-state index contributed by atoms with van der Waals surface area (Å²) >= 11 is 5.87. The van der Waals surface area contributed by atoms with E-state index in [0.29, 0.717) is 11.1 Å². The van der Waals surface area contributed by atoms with Gasteiger partial charge >= 0.3 is 12.3 Å². The van der Waals surface area contributed by atoms with Crippen LogP contribution in [0.15, 0.2) is 67.2 Å². The maximum absolute atomic E-state index is 13.6. The highest BCUT2D eigenvalue weighted by atomic mass is 35.5. The van der Waals surface area contributed by atoms with Crippen LogP contribution in [-0.2, 0) is 16.8 Å². The Bertz CT molecular complexity index is 1230. The lowest BCUT2D eigenvalue weighted by molar-refractivity contribution is -0.0689. The first kappa shape index (κ1) is 26.2. The van der Waals surface area contributed by atoms with Gasteiger partial charge in [-0.15, -0.1) is 0 Å². The van der Waals surface area contributed by atoms with Crippen molar-refractivity contribution in [2.75, 3.05) is 6.54 Å². The van der Waals surface area contributed by atoms with Crippen molar-refractivity contribution in [1.29, 1.82) is 0 Å². The number of nitrogens with one attached hydrogen (secondary N) is 1. The molecule has 184 valence electrons. The van der Waals surface area contributed by atoms with Gasteiger partial charge in [0.05, 0.1) is 22.0 Å². The SMILES string of the molecule is C=C(c1cc(C(C)(C)CNC(=O)OCc2ccccc2)cc(-c2ccc(F)c(Cl)c2)n1)C(F)(F)F. The molecule has 0 aliphatic carbocycles. The number of hydrogen-bond acceptors (Lipinski definition) is 3. The molecule has 0 unspecified atom stereocenters. The predicted octanol–water partition coefficient (Wildman–Crippen LogP) is 7.32. The van der Waals surface area contributed by atoms with E-state index in [1.54, 1.807) is 19.9 Å². The van der Waals surface area contributed by atoms with Crippen LogP contribution in [0.4, 0.5) is 22.4 Å². The molecule has 0 aliphatic rings. The average molecular weight is 507 g/mol. The fourth-order valence-corrected chi connectivity index (χ4v) is 3.37. The molecule has 2 aromatic carbocycles. The Morgan fingerprint density at radius 2 is 1.77 bits per heavy atom. The van der Waals surface area contributed by atoms with Crippen LogP contribution in [-0.4, -0.2) is 23.8 Å². The number of carbonyl (C=O) groups is 1. The fraction of sp³-hybridized carbons (Fsp3) is 0.231. The second-order valence-corrected chi connectivity index (χ2v) is 8.94. The first-order chi connectivity index (χ1) is 16.4.